The molecule has 0 spiro atoms. The Bertz CT molecular complexity index is 891. The van der Waals surface area contributed by atoms with Gasteiger partial charge in [0.05, 0.1) is 13.2 Å². The summed E-state index contributed by atoms with van der Waals surface area (Å²) in [5.41, 5.74) is -0.122. The van der Waals surface area contributed by atoms with Crippen LogP contribution in [0.2, 0.25) is 0 Å². The number of rotatable bonds is 5. The molecule has 0 aromatic carbocycles. The van der Waals surface area contributed by atoms with Crippen LogP contribution in [0.25, 0.3) is 0 Å². The number of anilines is 3. The second-order valence-corrected chi connectivity index (χ2v) is 6.53. The van der Waals surface area contributed by atoms with Crippen molar-refractivity contribution in [3.63, 3.8) is 0 Å². The Morgan fingerprint density at radius 3 is 2.85 bits per heavy atom. The van der Waals surface area contributed by atoms with Crippen LogP contribution in [-0.4, -0.2) is 34.5 Å². The second-order valence-electron chi connectivity index (χ2n) is 6.53. The number of nitrogens with zero attached hydrogens (tertiary/aromatic N) is 5. The van der Waals surface area contributed by atoms with E-state index >= 15 is 0 Å². The predicted octanol–water partition coefficient (Wildman–Crippen LogP) is 2.28. The van der Waals surface area contributed by atoms with Gasteiger partial charge in [-0.05, 0) is 31.2 Å². The number of amides is 1. The SMILES string of the molecule is COc1cc(Nc2cc(N3CC[C@@](C#N)(C4CC4)C3=O)ccn2)ncn1. The Kier molecular flexibility index (Phi) is 3.92. The molecule has 0 radical (unpaired) electrons. The van der Waals surface area contributed by atoms with Crippen molar-refractivity contribution in [3.8, 4) is 11.9 Å². The van der Waals surface area contributed by atoms with Crippen molar-refractivity contribution in [2.45, 2.75) is 19.3 Å². The van der Waals surface area contributed by atoms with Crippen molar-refractivity contribution in [1.29, 1.82) is 5.26 Å². The molecule has 2 aliphatic rings. The number of hydrogen-bond donors (Lipinski definition) is 1. The van der Waals surface area contributed by atoms with Crippen LogP contribution in [0.4, 0.5) is 17.3 Å². The molecule has 2 fully saturated rings. The number of pyridine rings is 1. The van der Waals surface area contributed by atoms with Crippen LogP contribution in [0.1, 0.15) is 19.3 Å². The average molecular weight is 350 g/mol. The second kappa shape index (κ2) is 6.26. The number of carbonyl (C=O) groups excluding carboxylic acids is 1. The highest BCUT2D eigenvalue weighted by molar-refractivity contribution is 6.02. The molecule has 8 nitrogen and oxygen atoms in total. The summed E-state index contributed by atoms with van der Waals surface area (Å²) in [5.74, 6) is 1.65. The lowest BCUT2D eigenvalue weighted by Gasteiger charge is -2.21. The third-order valence-electron chi connectivity index (χ3n) is 4.99. The van der Waals surface area contributed by atoms with Gasteiger partial charge in [0.2, 0.25) is 11.8 Å². The normalized spacial score (nSPS) is 22.2. The van der Waals surface area contributed by atoms with Crippen molar-refractivity contribution in [2.24, 2.45) is 11.3 Å². The van der Waals surface area contributed by atoms with E-state index in [1.165, 1.54) is 13.4 Å². The average Bonchev–Trinajstić information content (AvgIpc) is 3.46. The summed E-state index contributed by atoms with van der Waals surface area (Å²) < 4.78 is 5.08. The smallest absolute Gasteiger partial charge is 0.247 e. The summed E-state index contributed by atoms with van der Waals surface area (Å²) in [6.07, 6.45) is 5.54. The Morgan fingerprint density at radius 2 is 2.12 bits per heavy atom. The van der Waals surface area contributed by atoms with Crippen LogP contribution in [0.15, 0.2) is 30.7 Å². The molecule has 1 saturated heterocycles. The van der Waals surface area contributed by atoms with Crippen LogP contribution in [0.3, 0.4) is 0 Å². The van der Waals surface area contributed by atoms with Gasteiger partial charge in [0.1, 0.15) is 23.4 Å². The Balaban J connectivity index is 1.56. The minimum absolute atomic E-state index is 0.0941. The molecule has 132 valence electrons. The van der Waals surface area contributed by atoms with E-state index in [9.17, 15) is 10.1 Å². The molecule has 4 rings (SSSR count). The minimum Gasteiger partial charge on any atom is -0.481 e. The maximum absolute atomic E-state index is 12.9. The lowest BCUT2D eigenvalue weighted by atomic mass is 9.83. The molecule has 2 aromatic heterocycles. The predicted molar refractivity (Wildman–Crippen MR) is 93.8 cm³/mol. The van der Waals surface area contributed by atoms with Crippen molar-refractivity contribution in [2.75, 3.05) is 23.9 Å². The van der Waals surface area contributed by atoms with Gasteiger partial charge in [0.25, 0.3) is 0 Å². The zero-order valence-corrected chi connectivity index (χ0v) is 14.3. The first-order valence-electron chi connectivity index (χ1n) is 8.48. The number of methoxy groups -OCH3 is 1. The van der Waals surface area contributed by atoms with Crippen LogP contribution >= 0.6 is 0 Å². The quantitative estimate of drug-likeness (QED) is 0.882. The van der Waals surface area contributed by atoms with E-state index in [1.54, 1.807) is 29.3 Å². The first-order valence-corrected chi connectivity index (χ1v) is 8.48. The van der Waals surface area contributed by atoms with E-state index in [2.05, 4.69) is 26.3 Å². The summed E-state index contributed by atoms with van der Waals surface area (Å²) in [4.78, 5) is 27.0. The first-order chi connectivity index (χ1) is 12.7. The summed E-state index contributed by atoms with van der Waals surface area (Å²) in [6.45, 7) is 0.549. The molecule has 26 heavy (non-hydrogen) atoms. The Morgan fingerprint density at radius 1 is 1.31 bits per heavy atom. The van der Waals surface area contributed by atoms with Crippen LogP contribution in [-0.2, 0) is 4.79 Å². The maximum Gasteiger partial charge on any atom is 0.247 e. The molecule has 3 heterocycles. The zero-order chi connectivity index (χ0) is 18.1. The molecule has 1 N–H and O–H groups in total. The van der Waals surface area contributed by atoms with E-state index in [0.717, 1.165) is 18.5 Å². The lowest BCUT2D eigenvalue weighted by Crippen LogP contribution is -2.35. The Hall–Kier alpha value is -3.21. The highest BCUT2D eigenvalue weighted by atomic mass is 16.5. The molecule has 1 aliphatic heterocycles. The highest BCUT2D eigenvalue weighted by Gasteiger charge is 2.56. The molecule has 1 aliphatic carbocycles. The van der Waals surface area contributed by atoms with Crippen molar-refractivity contribution < 1.29 is 9.53 Å². The Labute approximate surface area is 150 Å². The molecule has 0 unspecified atom stereocenters. The summed E-state index contributed by atoms with van der Waals surface area (Å²) >= 11 is 0. The largest absolute Gasteiger partial charge is 0.481 e. The van der Waals surface area contributed by atoms with Gasteiger partial charge < -0.3 is 15.0 Å². The van der Waals surface area contributed by atoms with Gasteiger partial charge in [-0.3, -0.25) is 4.79 Å². The van der Waals surface area contributed by atoms with Crippen LogP contribution in [0, 0.1) is 22.7 Å². The third-order valence-corrected chi connectivity index (χ3v) is 4.99. The number of ether oxygens (including phenoxy) is 1. The van der Waals surface area contributed by atoms with Gasteiger partial charge in [0.15, 0.2) is 0 Å². The molecule has 1 amide bonds. The summed E-state index contributed by atoms with van der Waals surface area (Å²) in [5, 5.41) is 12.7. The fourth-order valence-electron chi connectivity index (χ4n) is 3.44. The number of aromatic nitrogens is 3. The minimum atomic E-state index is -0.850. The van der Waals surface area contributed by atoms with Crippen LogP contribution < -0.4 is 15.0 Å². The van der Waals surface area contributed by atoms with Crippen molar-refractivity contribution in [1.82, 2.24) is 15.0 Å². The molecular weight excluding hydrogens is 332 g/mol. The molecule has 0 bridgehead atoms. The number of nitrogens with one attached hydrogen (secondary N) is 1. The summed E-state index contributed by atoms with van der Waals surface area (Å²) in [6, 6.07) is 7.52. The fraction of sp³-hybridized carbons (Fsp3) is 0.389. The van der Waals surface area contributed by atoms with Crippen molar-refractivity contribution in [3.05, 3.63) is 30.7 Å². The molecule has 2 aromatic rings. The lowest BCUT2D eigenvalue weighted by molar-refractivity contribution is -0.123. The highest BCUT2D eigenvalue weighted by Crippen LogP contribution is 2.51. The topological polar surface area (TPSA) is 104 Å². The zero-order valence-electron chi connectivity index (χ0n) is 14.3. The van der Waals surface area contributed by atoms with Crippen LogP contribution in [0.5, 0.6) is 5.88 Å². The van der Waals surface area contributed by atoms with E-state index in [1.807, 2.05) is 0 Å². The van der Waals surface area contributed by atoms with Gasteiger partial charge in [-0.15, -0.1) is 0 Å². The third kappa shape index (κ3) is 2.71. The van der Waals surface area contributed by atoms with E-state index in [0.29, 0.717) is 30.5 Å². The van der Waals surface area contributed by atoms with Gasteiger partial charge in [-0.2, -0.15) is 5.26 Å². The van der Waals surface area contributed by atoms with Gasteiger partial charge >= 0.3 is 0 Å². The number of nitriles is 1. The molecular formula is C18H18N6O2. The maximum atomic E-state index is 12.9. The summed E-state index contributed by atoms with van der Waals surface area (Å²) in [7, 11) is 1.53. The fourth-order valence-corrected chi connectivity index (χ4v) is 3.44. The van der Waals surface area contributed by atoms with Gasteiger partial charge in [-0.1, -0.05) is 0 Å². The molecule has 8 heteroatoms. The molecule has 1 saturated carbocycles. The monoisotopic (exact) mass is 350 g/mol. The van der Waals surface area contributed by atoms with E-state index in [4.69, 9.17) is 4.74 Å². The molecule has 1 atom stereocenters. The first kappa shape index (κ1) is 16.3. The van der Waals surface area contributed by atoms with Gasteiger partial charge in [-0.25, -0.2) is 15.0 Å². The number of hydrogen-bond acceptors (Lipinski definition) is 7. The number of carbonyl (C=O) groups is 1. The van der Waals surface area contributed by atoms with E-state index in [-0.39, 0.29) is 11.8 Å². The van der Waals surface area contributed by atoms with Gasteiger partial charge in [0, 0.05) is 30.6 Å². The standard InChI is InChI=1S/C18H18N6O2/c1-26-16-9-15(21-11-22-16)23-14-8-13(4-6-20-14)24-7-5-18(10-19,17(24)25)12-2-3-12/h4,6,8-9,11-12H,2-3,5,7H2,1H3,(H,20,21,22,23)/t18-/m1/s1. The van der Waals surface area contributed by atoms with E-state index < -0.39 is 5.41 Å². The van der Waals surface area contributed by atoms with Crippen molar-refractivity contribution >= 4 is 23.2 Å².